The van der Waals surface area contributed by atoms with Gasteiger partial charge in [0.1, 0.15) is 0 Å². The van der Waals surface area contributed by atoms with Gasteiger partial charge in [-0.2, -0.15) is 0 Å². The van der Waals surface area contributed by atoms with Gasteiger partial charge in [0, 0.05) is 0 Å². The quantitative estimate of drug-likeness (QED) is 0.517. The van der Waals surface area contributed by atoms with Crippen LogP contribution in [0.1, 0.15) is 33.1 Å². The monoisotopic (exact) mass is 144 g/mol. The topological polar surface area (TPSA) is 18.5 Å². The fourth-order valence-electron chi connectivity index (χ4n) is 1.32. The maximum Gasteiger partial charge on any atom is 0.158 e. The van der Waals surface area contributed by atoms with Crippen LogP contribution >= 0.6 is 0 Å². The van der Waals surface area contributed by atoms with Crippen LogP contribution in [0.5, 0.6) is 0 Å². The zero-order valence-electron chi connectivity index (χ0n) is 6.80. The first-order chi connectivity index (χ1) is 4.95. The third-order valence-electron chi connectivity index (χ3n) is 1.78. The van der Waals surface area contributed by atoms with Crippen LogP contribution in [0.3, 0.4) is 0 Å². The number of ether oxygens (including phenoxy) is 2. The highest BCUT2D eigenvalue weighted by atomic mass is 16.7. The minimum atomic E-state index is 0.161. The molecule has 2 nitrogen and oxygen atoms in total. The fraction of sp³-hybridized carbons (Fsp3) is 1.00. The van der Waals surface area contributed by atoms with Gasteiger partial charge in [-0.25, -0.2) is 0 Å². The Hall–Kier alpha value is -0.0800. The standard InChI is InChI=1S/C6H10O2.C2H6/c1-2-5-4-7-6(3-1)8-5;1-2/h5-6H,1-4H2;1-2H3/t5?,6-;/m1./s1. The van der Waals surface area contributed by atoms with Crippen LogP contribution in [0.2, 0.25) is 0 Å². The van der Waals surface area contributed by atoms with E-state index in [2.05, 4.69) is 0 Å². The third kappa shape index (κ3) is 1.70. The molecule has 2 heteroatoms. The van der Waals surface area contributed by atoms with Gasteiger partial charge in [-0.15, -0.1) is 0 Å². The lowest BCUT2D eigenvalue weighted by Gasteiger charge is -2.16. The Morgan fingerprint density at radius 2 is 2.00 bits per heavy atom. The molecule has 2 saturated heterocycles. The summed E-state index contributed by atoms with van der Waals surface area (Å²) in [5.41, 5.74) is 0. The molecule has 0 amide bonds. The molecule has 10 heavy (non-hydrogen) atoms. The van der Waals surface area contributed by atoms with Crippen molar-refractivity contribution in [3.05, 3.63) is 0 Å². The van der Waals surface area contributed by atoms with Crippen molar-refractivity contribution in [1.29, 1.82) is 0 Å². The summed E-state index contributed by atoms with van der Waals surface area (Å²) in [7, 11) is 0. The predicted molar refractivity (Wildman–Crippen MR) is 39.8 cm³/mol. The Balaban J connectivity index is 0.000000231. The van der Waals surface area contributed by atoms with E-state index in [0.29, 0.717) is 6.10 Å². The molecule has 2 rings (SSSR count). The lowest BCUT2D eigenvalue weighted by molar-refractivity contribution is -0.0815. The zero-order valence-corrected chi connectivity index (χ0v) is 6.80. The second-order valence-corrected chi connectivity index (χ2v) is 2.45. The van der Waals surface area contributed by atoms with Gasteiger partial charge in [0.2, 0.25) is 0 Å². The molecule has 2 aliphatic rings. The van der Waals surface area contributed by atoms with Crippen LogP contribution in [-0.4, -0.2) is 19.0 Å². The van der Waals surface area contributed by atoms with Gasteiger partial charge >= 0.3 is 0 Å². The smallest absolute Gasteiger partial charge is 0.158 e. The van der Waals surface area contributed by atoms with Gasteiger partial charge in [0.05, 0.1) is 12.7 Å². The van der Waals surface area contributed by atoms with Gasteiger partial charge in [0.25, 0.3) is 0 Å². The van der Waals surface area contributed by atoms with Crippen LogP contribution in [0.4, 0.5) is 0 Å². The van der Waals surface area contributed by atoms with Crippen LogP contribution in [0.15, 0.2) is 0 Å². The minimum Gasteiger partial charge on any atom is -0.350 e. The van der Waals surface area contributed by atoms with Gasteiger partial charge in [-0.1, -0.05) is 13.8 Å². The Morgan fingerprint density at radius 3 is 2.60 bits per heavy atom. The Bertz CT molecular complexity index is 79.3. The van der Waals surface area contributed by atoms with Crippen molar-refractivity contribution in [1.82, 2.24) is 0 Å². The Labute approximate surface area is 62.5 Å². The maximum absolute atomic E-state index is 5.38. The van der Waals surface area contributed by atoms with Gasteiger partial charge < -0.3 is 9.47 Å². The summed E-state index contributed by atoms with van der Waals surface area (Å²) in [6.45, 7) is 4.84. The van der Waals surface area contributed by atoms with Crippen molar-refractivity contribution in [3.63, 3.8) is 0 Å². The molecule has 2 bridgehead atoms. The predicted octanol–water partition coefficient (Wildman–Crippen LogP) is 1.94. The SMILES string of the molecule is C1CC2CO[C@@H](C1)O2.CC. The van der Waals surface area contributed by atoms with Crippen LogP contribution in [0, 0.1) is 0 Å². The van der Waals surface area contributed by atoms with E-state index in [1.165, 1.54) is 12.8 Å². The molecule has 0 aromatic carbocycles. The summed E-state index contributed by atoms with van der Waals surface area (Å²) < 4.78 is 10.6. The first-order valence-corrected chi connectivity index (χ1v) is 4.22. The van der Waals surface area contributed by atoms with E-state index in [0.717, 1.165) is 13.0 Å². The van der Waals surface area contributed by atoms with Crippen molar-refractivity contribution in [3.8, 4) is 0 Å². The van der Waals surface area contributed by atoms with Gasteiger partial charge in [0.15, 0.2) is 6.29 Å². The number of rotatable bonds is 0. The van der Waals surface area contributed by atoms with Crippen molar-refractivity contribution < 1.29 is 9.47 Å². The highest BCUT2D eigenvalue weighted by Gasteiger charge is 2.29. The second-order valence-electron chi connectivity index (χ2n) is 2.45. The highest BCUT2D eigenvalue weighted by molar-refractivity contribution is 4.71. The molecule has 0 radical (unpaired) electrons. The van der Waals surface area contributed by atoms with E-state index in [-0.39, 0.29) is 6.29 Å². The van der Waals surface area contributed by atoms with Crippen molar-refractivity contribution in [2.45, 2.75) is 45.5 Å². The molecule has 0 N–H and O–H groups in total. The van der Waals surface area contributed by atoms with Crippen molar-refractivity contribution in [2.24, 2.45) is 0 Å². The third-order valence-corrected chi connectivity index (χ3v) is 1.78. The summed E-state index contributed by atoms with van der Waals surface area (Å²) in [6, 6.07) is 0. The normalized spacial score (nSPS) is 36.6. The number of hydrogen-bond donors (Lipinski definition) is 0. The molecule has 2 aliphatic heterocycles. The van der Waals surface area contributed by atoms with Gasteiger partial charge in [-0.3, -0.25) is 0 Å². The molecule has 0 spiro atoms. The minimum absolute atomic E-state index is 0.161. The summed E-state index contributed by atoms with van der Waals surface area (Å²) >= 11 is 0. The molecule has 0 saturated carbocycles. The molecule has 0 aliphatic carbocycles. The number of fused-ring (bicyclic) bond motifs is 2. The molecule has 0 aromatic heterocycles. The first kappa shape index (κ1) is 8.02. The van der Waals surface area contributed by atoms with Crippen molar-refractivity contribution >= 4 is 0 Å². The van der Waals surface area contributed by atoms with Crippen LogP contribution in [0.25, 0.3) is 0 Å². The Kier molecular flexibility index (Phi) is 3.16. The largest absolute Gasteiger partial charge is 0.350 e. The van der Waals surface area contributed by atoms with E-state index < -0.39 is 0 Å². The molecule has 60 valence electrons. The average molecular weight is 144 g/mol. The molecular formula is C8H16O2. The van der Waals surface area contributed by atoms with E-state index in [4.69, 9.17) is 9.47 Å². The molecule has 0 aromatic rings. The van der Waals surface area contributed by atoms with E-state index in [9.17, 15) is 0 Å². The molecule has 1 unspecified atom stereocenters. The van der Waals surface area contributed by atoms with Crippen molar-refractivity contribution in [2.75, 3.05) is 6.61 Å². The number of hydrogen-bond acceptors (Lipinski definition) is 2. The summed E-state index contributed by atoms with van der Waals surface area (Å²) in [5, 5.41) is 0. The molecule has 2 fully saturated rings. The maximum atomic E-state index is 5.38. The fourth-order valence-corrected chi connectivity index (χ4v) is 1.32. The Morgan fingerprint density at radius 1 is 1.20 bits per heavy atom. The summed E-state index contributed by atoms with van der Waals surface area (Å²) in [6.07, 6.45) is 4.20. The molecule has 2 heterocycles. The van der Waals surface area contributed by atoms with Crippen LogP contribution in [-0.2, 0) is 9.47 Å². The van der Waals surface area contributed by atoms with E-state index in [1.807, 2.05) is 13.8 Å². The average Bonchev–Trinajstić information content (AvgIpc) is 2.35. The highest BCUT2D eigenvalue weighted by Crippen LogP contribution is 2.25. The zero-order chi connectivity index (χ0) is 7.40. The molecule has 2 atom stereocenters. The lowest BCUT2D eigenvalue weighted by Crippen LogP contribution is -2.17. The molecular weight excluding hydrogens is 128 g/mol. The van der Waals surface area contributed by atoms with Gasteiger partial charge in [-0.05, 0) is 19.3 Å². The van der Waals surface area contributed by atoms with E-state index in [1.54, 1.807) is 0 Å². The van der Waals surface area contributed by atoms with E-state index >= 15 is 0 Å². The first-order valence-electron chi connectivity index (χ1n) is 4.22. The summed E-state index contributed by atoms with van der Waals surface area (Å²) in [5.74, 6) is 0. The lowest BCUT2D eigenvalue weighted by atomic mass is 10.1. The summed E-state index contributed by atoms with van der Waals surface area (Å²) in [4.78, 5) is 0. The second kappa shape index (κ2) is 3.94. The van der Waals surface area contributed by atoms with Crippen LogP contribution < -0.4 is 0 Å².